The van der Waals surface area contributed by atoms with Crippen molar-refractivity contribution in [2.45, 2.75) is 19.9 Å². The summed E-state index contributed by atoms with van der Waals surface area (Å²) in [6.07, 6.45) is 1.25. The van der Waals surface area contributed by atoms with Crippen molar-refractivity contribution in [2.75, 3.05) is 5.32 Å². The number of nitrogens with zero attached hydrogens (tertiary/aromatic N) is 3. The lowest BCUT2D eigenvalue weighted by Gasteiger charge is -2.14. The van der Waals surface area contributed by atoms with E-state index < -0.39 is 28.9 Å². The molecule has 1 N–H and O–H groups in total. The summed E-state index contributed by atoms with van der Waals surface area (Å²) in [4.78, 5) is 25.6. The molecule has 0 atom stereocenters. The number of benzene rings is 2. The predicted octanol–water partition coefficient (Wildman–Crippen LogP) is 4.85. The van der Waals surface area contributed by atoms with E-state index in [2.05, 4.69) is 10.4 Å². The van der Waals surface area contributed by atoms with Gasteiger partial charge in [0.25, 0.3) is 5.56 Å². The minimum absolute atomic E-state index is 0.0646. The molecule has 0 radical (unpaired) electrons. The normalized spacial score (nSPS) is 11.5. The van der Waals surface area contributed by atoms with Crippen LogP contribution < -0.4 is 10.9 Å². The Balaban J connectivity index is 1.71. The number of halogens is 5. The highest BCUT2D eigenvalue weighted by Crippen LogP contribution is 2.27. The first kappa shape index (κ1) is 23.0. The number of nitrogens with one attached hydrogen (secondary N) is 1. The minimum atomic E-state index is -0.854. The van der Waals surface area contributed by atoms with E-state index >= 15 is 0 Å². The van der Waals surface area contributed by atoms with Crippen molar-refractivity contribution in [3.05, 3.63) is 64.9 Å². The molecule has 0 saturated carbocycles. The van der Waals surface area contributed by atoms with E-state index in [1.165, 1.54) is 29.8 Å². The van der Waals surface area contributed by atoms with Gasteiger partial charge in [0.15, 0.2) is 5.82 Å². The third-order valence-electron chi connectivity index (χ3n) is 5.21. The molecule has 6 nitrogen and oxygen atoms in total. The molecule has 0 aliphatic rings. The zero-order valence-corrected chi connectivity index (χ0v) is 21.1. The smallest absolute Gasteiger partial charge is 0.262 e. The molecule has 0 aliphatic carbocycles. The van der Waals surface area contributed by atoms with Crippen LogP contribution in [0.4, 0.5) is 18.9 Å². The zero-order chi connectivity index (χ0) is 23.3. The average Bonchev–Trinajstić information content (AvgIpc) is 3.14. The summed E-state index contributed by atoms with van der Waals surface area (Å²) in [6, 6.07) is 4.09. The number of hydrogen-bond acceptors (Lipinski definition) is 3. The molecule has 0 aliphatic heterocycles. The SMILES string of the molecule is Cc1c(F)c(I)cc(NC(=O)CCn2c(=O)c3cnn(C)c3c3cc(I)c(F)cc32)c1F. The Bertz CT molecular complexity index is 1480. The molecule has 4 rings (SSSR count). The molecule has 2 heterocycles. The van der Waals surface area contributed by atoms with Crippen LogP contribution in [0.5, 0.6) is 0 Å². The van der Waals surface area contributed by atoms with E-state index in [9.17, 15) is 22.8 Å². The largest absolute Gasteiger partial charge is 0.323 e. The highest BCUT2D eigenvalue weighted by molar-refractivity contribution is 14.1. The summed E-state index contributed by atoms with van der Waals surface area (Å²) in [5.74, 6) is -2.59. The highest BCUT2D eigenvalue weighted by Gasteiger charge is 2.19. The fourth-order valence-electron chi connectivity index (χ4n) is 3.59. The lowest BCUT2D eigenvalue weighted by atomic mass is 10.1. The van der Waals surface area contributed by atoms with Gasteiger partial charge in [-0.25, -0.2) is 13.2 Å². The molecule has 4 aromatic rings. The van der Waals surface area contributed by atoms with Crippen LogP contribution in [0, 0.1) is 31.5 Å². The third kappa shape index (κ3) is 3.89. The molecular weight excluding hydrogens is 651 g/mol. The summed E-state index contributed by atoms with van der Waals surface area (Å²) in [6.45, 7) is 1.22. The fourth-order valence-corrected chi connectivity index (χ4v) is 4.77. The van der Waals surface area contributed by atoms with Gasteiger partial charge >= 0.3 is 0 Å². The molecule has 0 fully saturated rings. The molecule has 1 amide bonds. The number of hydrogen-bond donors (Lipinski definition) is 1. The standard InChI is InChI=1S/C21H15F3I2N4O2/c1-9-18(23)14(26)7-15(19(9)24)28-17(31)3-4-30-16-6-12(22)13(25)5-10(16)20-11(21(30)32)8-27-29(20)2/h5-8H,3-4H2,1-2H3,(H,28,31). The number of aromatic nitrogens is 3. The molecule has 166 valence electrons. The number of carbonyl (C=O) groups is 1. The number of rotatable bonds is 4. The third-order valence-corrected chi connectivity index (χ3v) is 6.82. The van der Waals surface area contributed by atoms with Crippen LogP contribution in [0.25, 0.3) is 21.8 Å². The molecule has 2 aromatic heterocycles. The van der Waals surface area contributed by atoms with Crippen LogP contribution in [0.1, 0.15) is 12.0 Å². The minimum Gasteiger partial charge on any atom is -0.323 e. The Morgan fingerprint density at radius 3 is 2.53 bits per heavy atom. The van der Waals surface area contributed by atoms with Gasteiger partial charge in [0.2, 0.25) is 5.91 Å². The van der Waals surface area contributed by atoms with E-state index in [4.69, 9.17) is 0 Å². The van der Waals surface area contributed by atoms with Crippen molar-refractivity contribution in [1.29, 1.82) is 0 Å². The second-order valence-electron chi connectivity index (χ2n) is 7.23. The van der Waals surface area contributed by atoms with E-state index in [0.717, 1.165) is 0 Å². The number of pyridine rings is 1. The number of amides is 1. The van der Waals surface area contributed by atoms with Gasteiger partial charge in [-0.3, -0.25) is 14.3 Å². The maximum absolute atomic E-state index is 14.3. The van der Waals surface area contributed by atoms with Crippen LogP contribution in [-0.4, -0.2) is 20.3 Å². The summed E-state index contributed by atoms with van der Waals surface area (Å²) in [7, 11) is 1.69. The Labute approximate surface area is 207 Å². The van der Waals surface area contributed by atoms with Gasteiger partial charge in [0, 0.05) is 34.5 Å². The van der Waals surface area contributed by atoms with Crippen molar-refractivity contribution in [2.24, 2.45) is 7.05 Å². The Kier molecular flexibility index (Phi) is 6.22. The van der Waals surface area contributed by atoms with E-state index in [1.807, 2.05) is 22.6 Å². The van der Waals surface area contributed by atoms with E-state index in [1.54, 1.807) is 40.4 Å². The van der Waals surface area contributed by atoms with Crippen LogP contribution in [-0.2, 0) is 18.4 Å². The fraction of sp³-hybridized carbons (Fsp3) is 0.190. The van der Waals surface area contributed by atoms with Crippen LogP contribution in [0.2, 0.25) is 0 Å². The first-order valence-electron chi connectivity index (χ1n) is 9.37. The summed E-state index contributed by atoms with van der Waals surface area (Å²) >= 11 is 3.59. The van der Waals surface area contributed by atoms with Crippen molar-refractivity contribution in [3.8, 4) is 0 Å². The second kappa shape index (κ2) is 8.65. The van der Waals surface area contributed by atoms with Gasteiger partial charge < -0.3 is 9.88 Å². The maximum atomic E-state index is 14.3. The highest BCUT2D eigenvalue weighted by atomic mass is 127. The van der Waals surface area contributed by atoms with Gasteiger partial charge in [0.05, 0.1) is 31.9 Å². The van der Waals surface area contributed by atoms with Gasteiger partial charge in [-0.15, -0.1) is 0 Å². The number of aryl methyl sites for hydroxylation is 2. The first-order chi connectivity index (χ1) is 15.1. The second-order valence-corrected chi connectivity index (χ2v) is 9.55. The Morgan fingerprint density at radius 2 is 1.81 bits per heavy atom. The first-order valence-corrected chi connectivity index (χ1v) is 11.5. The Morgan fingerprint density at radius 1 is 1.09 bits per heavy atom. The van der Waals surface area contributed by atoms with E-state index in [-0.39, 0.29) is 27.8 Å². The van der Waals surface area contributed by atoms with Gasteiger partial charge in [-0.2, -0.15) is 5.10 Å². The summed E-state index contributed by atoms with van der Waals surface area (Å²) in [5, 5.41) is 7.54. The van der Waals surface area contributed by atoms with Crippen molar-refractivity contribution in [1.82, 2.24) is 14.3 Å². The van der Waals surface area contributed by atoms with Gasteiger partial charge in [-0.1, -0.05) is 0 Å². The van der Waals surface area contributed by atoms with Crippen molar-refractivity contribution < 1.29 is 18.0 Å². The lowest BCUT2D eigenvalue weighted by Crippen LogP contribution is -2.24. The maximum Gasteiger partial charge on any atom is 0.262 e. The number of carbonyl (C=O) groups excluding carboxylic acids is 1. The zero-order valence-electron chi connectivity index (χ0n) is 16.8. The molecule has 11 heteroatoms. The van der Waals surface area contributed by atoms with E-state index in [0.29, 0.717) is 25.4 Å². The topological polar surface area (TPSA) is 68.9 Å². The molecule has 32 heavy (non-hydrogen) atoms. The Hall–Kier alpha value is -2.16. The lowest BCUT2D eigenvalue weighted by molar-refractivity contribution is -0.116. The predicted molar refractivity (Wildman–Crippen MR) is 132 cm³/mol. The molecule has 2 aromatic carbocycles. The number of fused-ring (bicyclic) bond motifs is 3. The quantitative estimate of drug-likeness (QED) is 0.250. The molecule has 0 spiro atoms. The average molecular weight is 666 g/mol. The number of anilines is 1. The van der Waals surface area contributed by atoms with Crippen LogP contribution in [0.15, 0.2) is 29.2 Å². The van der Waals surface area contributed by atoms with Gasteiger partial charge in [-0.05, 0) is 70.3 Å². The molecule has 0 bridgehead atoms. The molecular formula is C21H15F3I2N4O2. The summed E-state index contributed by atoms with van der Waals surface area (Å²) in [5.41, 5.74) is 0.157. The molecule has 0 unspecified atom stereocenters. The van der Waals surface area contributed by atoms with Crippen molar-refractivity contribution >= 4 is 78.6 Å². The monoisotopic (exact) mass is 666 g/mol. The summed E-state index contributed by atoms with van der Waals surface area (Å²) < 4.78 is 45.9. The van der Waals surface area contributed by atoms with Crippen LogP contribution >= 0.6 is 45.2 Å². The van der Waals surface area contributed by atoms with Crippen molar-refractivity contribution in [3.63, 3.8) is 0 Å². The molecule has 0 saturated heterocycles. The van der Waals surface area contributed by atoms with Crippen LogP contribution in [0.3, 0.4) is 0 Å². The van der Waals surface area contributed by atoms with Gasteiger partial charge in [0.1, 0.15) is 11.6 Å².